The molecule has 20 heavy (non-hydrogen) atoms. The van der Waals surface area contributed by atoms with Gasteiger partial charge in [0.05, 0.1) is 5.69 Å². The van der Waals surface area contributed by atoms with E-state index in [2.05, 4.69) is 10.6 Å². The minimum absolute atomic E-state index is 0.113. The van der Waals surface area contributed by atoms with Crippen LogP contribution in [0, 0.1) is 0 Å². The van der Waals surface area contributed by atoms with Crippen LogP contribution in [0.25, 0.3) is 0 Å². The van der Waals surface area contributed by atoms with Gasteiger partial charge in [-0.3, -0.25) is 0 Å². The molecule has 6 nitrogen and oxygen atoms in total. The molecular weight excluding hydrogens is 260 g/mol. The van der Waals surface area contributed by atoms with Gasteiger partial charge in [0, 0.05) is 6.04 Å². The van der Waals surface area contributed by atoms with Gasteiger partial charge in [0.2, 0.25) is 0 Å². The highest BCUT2D eigenvalue weighted by molar-refractivity contribution is 5.91. The fourth-order valence-corrected chi connectivity index (χ4v) is 1.67. The summed E-state index contributed by atoms with van der Waals surface area (Å²) >= 11 is 0. The highest BCUT2D eigenvalue weighted by Crippen LogP contribution is 2.23. The third kappa shape index (κ3) is 5.17. The van der Waals surface area contributed by atoms with E-state index in [1.807, 2.05) is 13.8 Å². The molecular formula is C14H20N2O4. The van der Waals surface area contributed by atoms with Crippen LogP contribution in [0.3, 0.4) is 0 Å². The Morgan fingerprint density at radius 1 is 1.25 bits per heavy atom. The van der Waals surface area contributed by atoms with Crippen molar-refractivity contribution in [2.45, 2.75) is 32.7 Å². The molecule has 0 radical (unpaired) electrons. The van der Waals surface area contributed by atoms with Gasteiger partial charge in [-0.25, -0.2) is 9.59 Å². The molecule has 1 rings (SSSR count). The van der Waals surface area contributed by atoms with Gasteiger partial charge < -0.3 is 20.5 Å². The molecule has 0 bridgehead atoms. The zero-order chi connectivity index (χ0) is 15.0. The summed E-state index contributed by atoms with van der Waals surface area (Å²) < 4.78 is 5.12. The van der Waals surface area contributed by atoms with Crippen molar-refractivity contribution >= 4 is 17.7 Å². The van der Waals surface area contributed by atoms with Gasteiger partial charge >= 0.3 is 12.0 Å². The first-order valence-electron chi connectivity index (χ1n) is 6.57. The monoisotopic (exact) mass is 280 g/mol. The van der Waals surface area contributed by atoms with Crippen molar-refractivity contribution in [2.75, 3.05) is 11.9 Å². The topological polar surface area (TPSA) is 87.7 Å². The van der Waals surface area contributed by atoms with E-state index in [9.17, 15) is 9.59 Å². The number of benzene rings is 1. The molecule has 0 spiro atoms. The number of carboxylic acid groups (broad SMARTS) is 1. The standard InChI is InChI=1S/C14H20N2O4/c1-3-10(4-2)15-14(19)16-11-7-5-6-8-12(11)20-9-13(17)18/h5-8,10H,3-4,9H2,1-2H3,(H,17,18)(H2,15,16,19). The molecule has 6 heteroatoms. The van der Waals surface area contributed by atoms with Gasteiger partial charge in [0.25, 0.3) is 0 Å². The van der Waals surface area contributed by atoms with Crippen LogP contribution >= 0.6 is 0 Å². The first-order chi connectivity index (χ1) is 9.56. The maximum atomic E-state index is 11.8. The minimum Gasteiger partial charge on any atom is -0.480 e. The minimum atomic E-state index is -1.07. The predicted molar refractivity (Wildman–Crippen MR) is 76.1 cm³/mol. The van der Waals surface area contributed by atoms with Crippen LogP contribution in [-0.2, 0) is 4.79 Å². The molecule has 1 aromatic carbocycles. The number of hydrogen-bond donors (Lipinski definition) is 3. The molecule has 0 fully saturated rings. The largest absolute Gasteiger partial charge is 0.480 e. The second-order valence-electron chi connectivity index (χ2n) is 4.29. The summed E-state index contributed by atoms with van der Waals surface area (Å²) in [6, 6.07) is 6.49. The number of urea groups is 1. The van der Waals surface area contributed by atoms with Gasteiger partial charge in [-0.15, -0.1) is 0 Å². The summed E-state index contributed by atoms with van der Waals surface area (Å²) in [5, 5.41) is 14.1. The molecule has 0 aliphatic carbocycles. The Balaban J connectivity index is 2.66. The quantitative estimate of drug-likeness (QED) is 0.716. The first kappa shape index (κ1) is 15.8. The smallest absolute Gasteiger partial charge is 0.341 e. The van der Waals surface area contributed by atoms with Gasteiger partial charge in [0.1, 0.15) is 5.75 Å². The lowest BCUT2D eigenvalue weighted by atomic mass is 10.2. The van der Waals surface area contributed by atoms with E-state index in [1.165, 1.54) is 0 Å². The van der Waals surface area contributed by atoms with Crippen LogP contribution in [0.4, 0.5) is 10.5 Å². The van der Waals surface area contributed by atoms with Crippen molar-refractivity contribution < 1.29 is 19.4 Å². The SMILES string of the molecule is CCC(CC)NC(=O)Nc1ccccc1OCC(=O)O. The number of ether oxygens (including phenoxy) is 1. The summed E-state index contributed by atoms with van der Waals surface area (Å²) in [5.41, 5.74) is 0.442. The van der Waals surface area contributed by atoms with Crippen molar-refractivity contribution in [1.29, 1.82) is 0 Å². The number of carbonyl (C=O) groups is 2. The summed E-state index contributed by atoms with van der Waals surface area (Å²) in [4.78, 5) is 22.3. The van der Waals surface area contributed by atoms with Crippen molar-refractivity contribution in [3.8, 4) is 5.75 Å². The average Bonchev–Trinajstić information content (AvgIpc) is 2.43. The van der Waals surface area contributed by atoms with Crippen molar-refractivity contribution in [1.82, 2.24) is 5.32 Å². The van der Waals surface area contributed by atoms with Crippen LogP contribution in [0.2, 0.25) is 0 Å². The Morgan fingerprint density at radius 3 is 2.50 bits per heavy atom. The highest BCUT2D eigenvalue weighted by atomic mass is 16.5. The lowest BCUT2D eigenvalue weighted by Crippen LogP contribution is -2.37. The number of nitrogens with one attached hydrogen (secondary N) is 2. The average molecular weight is 280 g/mol. The van der Waals surface area contributed by atoms with Gasteiger partial charge in [-0.05, 0) is 25.0 Å². The molecule has 0 aliphatic rings. The lowest BCUT2D eigenvalue weighted by molar-refractivity contribution is -0.139. The van der Waals surface area contributed by atoms with E-state index in [0.29, 0.717) is 11.4 Å². The van der Waals surface area contributed by atoms with Crippen LogP contribution in [0.5, 0.6) is 5.75 Å². The highest BCUT2D eigenvalue weighted by Gasteiger charge is 2.11. The van der Waals surface area contributed by atoms with Crippen LogP contribution in [-0.4, -0.2) is 29.8 Å². The Morgan fingerprint density at radius 2 is 1.90 bits per heavy atom. The second kappa shape index (κ2) is 8.04. The number of carbonyl (C=O) groups excluding carboxylic acids is 1. The molecule has 0 aromatic heterocycles. The summed E-state index contributed by atoms with van der Waals surface area (Å²) in [6.45, 7) is 3.55. The molecule has 3 N–H and O–H groups in total. The Bertz CT molecular complexity index is 458. The molecule has 0 saturated heterocycles. The third-order valence-corrected chi connectivity index (χ3v) is 2.81. The van der Waals surface area contributed by atoms with Crippen LogP contribution in [0.15, 0.2) is 24.3 Å². The van der Waals surface area contributed by atoms with E-state index in [4.69, 9.17) is 9.84 Å². The maximum Gasteiger partial charge on any atom is 0.341 e. The van der Waals surface area contributed by atoms with E-state index in [-0.39, 0.29) is 12.1 Å². The zero-order valence-corrected chi connectivity index (χ0v) is 11.7. The van der Waals surface area contributed by atoms with E-state index in [0.717, 1.165) is 12.8 Å². The van der Waals surface area contributed by atoms with E-state index >= 15 is 0 Å². The summed E-state index contributed by atoms with van der Waals surface area (Å²) in [5.74, 6) is -0.740. The van der Waals surface area contributed by atoms with Crippen molar-refractivity contribution in [3.63, 3.8) is 0 Å². The van der Waals surface area contributed by atoms with Gasteiger partial charge in [-0.1, -0.05) is 26.0 Å². The number of amides is 2. The molecule has 0 aliphatic heterocycles. The third-order valence-electron chi connectivity index (χ3n) is 2.81. The molecule has 2 amide bonds. The van der Waals surface area contributed by atoms with Gasteiger partial charge in [0.15, 0.2) is 6.61 Å². The van der Waals surface area contributed by atoms with Crippen molar-refractivity contribution in [3.05, 3.63) is 24.3 Å². The number of anilines is 1. The Labute approximate surface area is 118 Å². The Kier molecular flexibility index (Phi) is 6.36. The fourth-order valence-electron chi connectivity index (χ4n) is 1.67. The fraction of sp³-hybridized carbons (Fsp3) is 0.429. The number of carboxylic acids is 1. The Hall–Kier alpha value is -2.24. The number of rotatable bonds is 7. The van der Waals surface area contributed by atoms with Crippen LogP contribution in [0.1, 0.15) is 26.7 Å². The number of aliphatic carboxylic acids is 1. The second-order valence-corrected chi connectivity index (χ2v) is 4.29. The van der Waals surface area contributed by atoms with Crippen molar-refractivity contribution in [2.24, 2.45) is 0 Å². The van der Waals surface area contributed by atoms with Crippen LogP contribution < -0.4 is 15.4 Å². The first-order valence-corrected chi connectivity index (χ1v) is 6.57. The molecule has 110 valence electrons. The number of hydrogen-bond acceptors (Lipinski definition) is 3. The molecule has 0 atom stereocenters. The number of para-hydroxylation sites is 2. The molecule has 0 saturated carbocycles. The van der Waals surface area contributed by atoms with E-state index < -0.39 is 12.6 Å². The van der Waals surface area contributed by atoms with Gasteiger partial charge in [-0.2, -0.15) is 0 Å². The van der Waals surface area contributed by atoms with E-state index in [1.54, 1.807) is 24.3 Å². The lowest BCUT2D eigenvalue weighted by Gasteiger charge is -2.16. The summed E-state index contributed by atoms with van der Waals surface area (Å²) in [7, 11) is 0. The normalized spacial score (nSPS) is 10.2. The predicted octanol–water partition coefficient (Wildman–Crippen LogP) is 2.46. The maximum absolute atomic E-state index is 11.8. The summed E-state index contributed by atoms with van der Waals surface area (Å²) in [6.07, 6.45) is 1.70. The molecule has 1 aromatic rings. The molecule has 0 heterocycles. The zero-order valence-electron chi connectivity index (χ0n) is 11.7. The molecule has 0 unspecified atom stereocenters.